The van der Waals surface area contributed by atoms with Gasteiger partial charge in [0.15, 0.2) is 0 Å². The van der Waals surface area contributed by atoms with Crippen molar-refractivity contribution in [1.29, 1.82) is 0 Å². The summed E-state index contributed by atoms with van der Waals surface area (Å²) in [7, 11) is -3.63. The Morgan fingerprint density at radius 2 is 2.00 bits per heavy atom. The maximum atomic E-state index is 12.0. The van der Waals surface area contributed by atoms with Crippen molar-refractivity contribution in [2.24, 2.45) is 0 Å². The highest BCUT2D eigenvalue weighted by molar-refractivity contribution is 7.89. The van der Waals surface area contributed by atoms with Crippen LogP contribution >= 0.6 is 11.3 Å². The Hall–Kier alpha value is -1.77. The average Bonchev–Trinajstić information content (AvgIpc) is 2.84. The lowest BCUT2D eigenvalue weighted by Crippen LogP contribution is -2.26. The number of carboxylic acids is 1. The minimum absolute atomic E-state index is 0.0443. The third-order valence-corrected chi connectivity index (χ3v) is 5.16. The van der Waals surface area contributed by atoms with E-state index in [1.165, 1.54) is 35.6 Å². The van der Waals surface area contributed by atoms with E-state index in [-0.39, 0.29) is 17.0 Å². The molecular weight excluding hydrogens is 312 g/mol. The van der Waals surface area contributed by atoms with Crippen molar-refractivity contribution >= 4 is 27.3 Å². The maximum absolute atomic E-state index is 12.0. The van der Waals surface area contributed by atoms with Crippen molar-refractivity contribution < 1.29 is 18.3 Å². The van der Waals surface area contributed by atoms with Crippen LogP contribution in [-0.2, 0) is 16.4 Å². The van der Waals surface area contributed by atoms with E-state index in [2.05, 4.69) is 9.71 Å². The number of nitrogens with one attached hydrogen (secondary N) is 1. The number of nitrogens with zero attached hydrogens (tertiary/aromatic N) is 1. The molecule has 1 aromatic carbocycles. The second-order valence-electron chi connectivity index (χ2n) is 4.34. The van der Waals surface area contributed by atoms with E-state index in [0.717, 1.165) is 9.88 Å². The molecule has 8 heteroatoms. The van der Waals surface area contributed by atoms with Gasteiger partial charge in [0.05, 0.1) is 15.5 Å². The van der Waals surface area contributed by atoms with E-state index in [1.807, 2.05) is 6.92 Å². The molecule has 0 aliphatic rings. The smallest absolute Gasteiger partial charge is 0.335 e. The zero-order chi connectivity index (χ0) is 15.5. The van der Waals surface area contributed by atoms with E-state index in [1.54, 1.807) is 6.20 Å². The van der Waals surface area contributed by atoms with E-state index in [9.17, 15) is 13.2 Å². The molecule has 2 aromatic rings. The van der Waals surface area contributed by atoms with Crippen molar-refractivity contribution in [3.05, 3.63) is 45.9 Å². The highest BCUT2D eigenvalue weighted by Crippen LogP contribution is 2.13. The van der Waals surface area contributed by atoms with E-state index < -0.39 is 16.0 Å². The number of benzene rings is 1. The topological polar surface area (TPSA) is 96.4 Å². The molecule has 0 radical (unpaired) electrons. The molecule has 1 heterocycles. The summed E-state index contributed by atoms with van der Waals surface area (Å²) in [6.07, 6.45) is 2.27. The van der Waals surface area contributed by atoms with Crippen LogP contribution in [0.1, 0.15) is 20.2 Å². The molecule has 0 spiro atoms. The van der Waals surface area contributed by atoms with Gasteiger partial charge < -0.3 is 5.11 Å². The SMILES string of the molecule is Cc1cnc(CCNS(=O)(=O)c2ccc(C(=O)O)cc2)s1. The third-order valence-electron chi connectivity index (χ3n) is 2.71. The van der Waals surface area contributed by atoms with Crippen LogP contribution in [0.3, 0.4) is 0 Å². The largest absolute Gasteiger partial charge is 0.478 e. The number of carbonyl (C=O) groups is 1. The number of carboxylic acid groups (broad SMARTS) is 1. The molecule has 0 saturated carbocycles. The Morgan fingerprint density at radius 1 is 1.33 bits per heavy atom. The first-order valence-electron chi connectivity index (χ1n) is 6.13. The summed E-state index contributed by atoms with van der Waals surface area (Å²) in [6.45, 7) is 2.19. The number of aryl methyl sites for hydroxylation is 1. The van der Waals surface area contributed by atoms with Crippen molar-refractivity contribution in [3.8, 4) is 0 Å². The second kappa shape index (κ2) is 6.33. The Balaban J connectivity index is 1.99. The van der Waals surface area contributed by atoms with Gasteiger partial charge in [-0.05, 0) is 31.2 Å². The van der Waals surface area contributed by atoms with Crippen LogP contribution in [0.25, 0.3) is 0 Å². The lowest BCUT2D eigenvalue weighted by molar-refractivity contribution is 0.0696. The van der Waals surface area contributed by atoms with Gasteiger partial charge in [-0.3, -0.25) is 0 Å². The molecule has 0 fully saturated rings. The molecule has 0 unspecified atom stereocenters. The quantitative estimate of drug-likeness (QED) is 0.842. The number of hydrogen-bond donors (Lipinski definition) is 2. The molecule has 2 rings (SSSR count). The van der Waals surface area contributed by atoms with Gasteiger partial charge in [0.25, 0.3) is 0 Å². The summed E-state index contributed by atoms with van der Waals surface area (Å²) >= 11 is 1.53. The average molecular weight is 326 g/mol. The highest BCUT2D eigenvalue weighted by atomic mass is 32.2. The Labute approximate surface area is 126 Å². The van der Waals surface area contributed by atoms with Crippen LogP contribution in [0.15, 0.2) is 35.4 Å². The van der Waals surface area contributed by atoms with Gasteiger partial charge in [0, 0.05) is 24.0 Å². The summed E-state index contributed by atoms with van der Waals surface area (Å²) in [4.78, 5) is 16.0. The number of thiazole rings is 1. The number of sulfonamides is 1. The van der Waals surface area contributed by atoms with Crippen LogP contribution in [0.4, 0.5) is 0 Å². The molecule has 0 bridgehead atoms. The standard InChI is InChI=1S/C13H14N2O4S2/c1-9-8-14-12(20-9)6-7-15-21(18,19)11-4-2-10(3-5-11)13(16)17/h2-5,8,15H,6-7H2,1H3,(H,16,17). The summed E-state index contributed by atoms with van der Waals surface area (Å²) in [6, 6.07) is 5.08. The first kappa shape index (κ1) is 15.6. The number of aromatic nitrogens is 1. The molecule has 0 amide bonds. The zero-order valence-electron chi connectivity index (χ0n) is 11.2. The van der Waals surface area contributed by atoms with Crippen LogP contribution in [-0.4, -0.2) is 31.0 Å². The molecule has 2 N–H and O–H groups in total. The fourth-order valence-corrected chi connectivity index (χ4v) is 3.49. The van der Waals surface area contributed by atoms with E-state index in [4.69, 9.17) is 5.11 Å². The fraction of sp³-hybridized carbons (Fsp3) is 0.231. The molecule has 21 heavy (non-hydrogen) atoms. The molecule has 1 aromatic heterocycles. The van der Waals surface area contributed by atoms with Gasteiger partial charge in [0.1, 0.15) is 0 Å². The summed E-state index contributed by atoms with van der Waals surface area (Å²) < 4.78 is 26.5. The van der Waals surface area contributed by atoms with Crippen LogP contribution in [0.5, 0.6) is 0 Å². The minimum Gasteiger partial charge on any atom is -0.478 e. The molecule has 0 atom stereocenters. The van der Waals surface area contributed by atoms with Crippen molar-refractivity contribution in [2.45, 2.75) is 18.2 Å². The molecular formula is C13H14N2O4S2. The monoisotopic (exact) mass is 326 g/mol. The van der Waals surface area contributed by atoms with Crippen molar-refractivity contribution in [2.75, 3.05) is 6.54 Å². The summed E-state index contributed by atoms with van der Waals surface area (Å²) in [5, 5.41) is 9.65. The molecule has 0 aliphatic heterocycles. The maximum Gasteiger partial charge on any atom is 0.335 e. The van der Waals surface area contributed by atoms with Crippen molar-refractivity contribution in [1.82, 2.24) is 9.71 Å². The summed E-state index contributed by atoms with van der Waals surface area (Å²) in [5.41, 5.74) is 0.0483. The molecule has 0 saturated heterocycles. The van der Waals surface area contributed by atoms with Gasteiger partial charge >= 0.3 is 5.97 Å². The molecule has 112 valence electrons. The molecule has 0 aliphatic carbocycles. The molecule has 6 nitrogen and oxygen atoms in total. The number of hydrogen-bond acceptors (Lipinski definition) is 5. The predicted molar refractivity (Wildman–Crippen MR) is 79.1 cm³/mol. The van der Waals surface area contributed by atoms with E-state index >= 15 is 0 Å². The Bertz CT molecular complexity index is 736. The third kappa shape index (κ3) is 4.10. The van der Waals surface area contributed by atoms with Crippen LogP contribution in [0, 0.1) is 6.92 Å². The van der Waals surface area contributed by atoms with Crippen LogP contribution in [0.2, 0.25) is 0 Å². The van der Waals surface area contributed by atoms with Gasteiger partial charge in [-0.1, -0.05) is 0 Å². The lowest BCUT2D eigenvalue weighted by Gasteiger charge is -2.06. The zero-order valence-corrected chi connectivity index (χ0v) is 12.9. The number of rotatable bonds is 6. The van der Waals surface area contributed by atoms with Gasteiger partial charge in [-0.2, -0.15) is 0 Å². The first-order chi connectivity index (χ1) is 9.88. The normalized spacial score (nSPS) is 11.5. The lowest BCUT2D eigenvalue weighted by atomic mass is 10.2. The first-order valence-corrected chi connectivity index (χ1v) is 8.43. The van der Waals surface area contributed by atoms with Gasteiger partial charge in [-0.25, -0.2) is 22.9 Å². The minimum atomic E-state index is -3.63. The van der Waals surface area contributed by atoms with Gasteiger partial charge in [-0.15, -0.1) is 11.3 Å². The van der Waals surface area contributed by atoms with E-state index in [0.29, 0.717) is 6.42 Å². The Kier molecular flexibility index (Phi) is 4.71. The highest BCUT2D eigenvalue weighted by Gasteiger charge is 2.14. The Morgan fingerprint density at radius 3 is 2.52 bits per heavy atom. The number of aromatic carboxylic acids is 1. The second-order valence-corrected chi connectivity index (χ2v) is 7.43. The van der Waals surface area contributed by atoms with Gasteiger partial charge in [0.2, 0.25) is 10.0 Å². The predicted octanol–water partition coefficient (Wildman–Crippen LogP) is 1.67. The summed E-state index contributed by atoms with van der Waals surface area (Å²) in [5.74, 6) is -1.09. The fourth-order valence-electron chi connectivity index (χ4n) is 1.67. The van der Waals surface area contributed by atoms with Crippen molar-refractivity contribution in [3.63, 3.8) is 0 Å². The van der Waals surface area contributed by atoms with Crippen LogP contribution < -0.4 is 4.72 Å².